The smallest absolute Gasteiger partial charge is 0.411 e. The molecular formula is C27H31N3O6. The first-order valence-electron chi connectivity index (χ1n) is 11.5. The van der Waals surface area contributed by atoms with E-state index in [9.17, 15) is 14.4 Å². The molecule has 1 aromatic heterocycles. The van der Waals surface area contributed by atoms with Crippen molar-refractivity contribution in [1.82, 2.24) is 5.16 Å². The first-order valence-corrected chi connectivity index (χ1v) is 11.5. The largest absolute Gasteiger partial charge is 0.447 e. The van der Waals surface area contributed by atoms with Crippen LogP contribution in [0.25, 0.3) is 11.3 Å². The second-order valence-corrected chi connectivity index (χ2v) is 9.42. The molecule has 36 heavy (non-hydrogen) atoms. The highest BCUT2D eigenvalue weighted by atomic mass is 16.6. The van der Waals surface area contributed by atoms with E-state index in [1.165, 1.54) is 14.0 Å². The predicted octanol–water partition coefficient (Wildman–Crippen LogP) is 5.60. The number of anilines is 2. The Morgan fingerprint density at radius 1 is 0.972 bits per heavy atom. The molecule has 0 aliphatic carbocycles. The van der Waals surface area contributed by atoms with Crippen molar-refractivity contribution < 1.29 is 28.4 Å². The molecule has 9 heteroatoms. The Morgan fingerprint density at radius 3 is 2.36 bits per heavy atom. The van der Waals surface area contributed by atoms with Crippen LogP contribution in [0.15, 0.2) is 47.0 Å². The molecule has 190 valence electrons. The summed E-state index contributed by atoms with van der Waals surface area (Å²) < 4.78 is 15.1. The Labute approximate surface area is 210 Å². The molecule has 0 aliphatic heterocycles. The zero-order valence-corrected chi connectivity index (χ0v) is 21.4. The van der Waals surface area contributed by atoms with Crippen LogP contribution >= 0.6 is 0 Å². The van der Waals surface area contributed by atoms with Gasteiger partial charge in [-0.25, -0.2) is 4.79 Å². The van der Waals surface area contributed by atoms with Gasteiger partial charge in [0.25, 0.3) is 5.91 Å². The average Bonchev–Trinajstić information content (AvgIpc) is 3.30. The van der Waals surface area contributed by atoms with E-state index in [1.54, 1.807) is 30.3 Å². The fourth-order valence-electron chi connectivity index (χ4n) is 3.38. The van der Waals surface area contributed by atoms with Crippen molar-refractivity contribution in [2.24, 2.45) is 0 Å². The molecule has 2 aromatic carbocycles. The van der Waals surface area contributed by atoms with Gasteiger partial charge in [0.2, 0.25) is 5.76 Å². The summed E-state index contributed by atoms with van der Waals surface area (Å²) in [6, 6.07) is 12.2. The van der Waals surface area contributed by atoms with Crippen LogP contribution in [0.4, 0.5) is 16.2 Å². The number of hydrogen-bond acceptors (Lipinski definition) is 7. The summed E-state index contributed by atoms with van der Waals surface area (Å²) in [4.78, 5) is 36.9. The van der Waals surface area contributed by atoms with Gasteiger partial charge in [-0.1, -0.05) is 32.0 Å². The predicted molar refractivity (Wildman–Crippen MR) is 137 cm³/mol. The van der Waals surface area contributed by atoms with E-state index in [0.29, 0.717) is 22.6 Å². The van der Waals surface area contributed by atoms with Crippen LogP contribution in [-0.4, -0.2) is 43.3 Å². The Hall–Kier alpha value is -3.98. The third kappa shape index (κ3) is 6.79. The number of carbonyl (C=O) groups is 3. The third-order valence-corrected chi connectivity index (χ3v) is 5.46. The van der Waals surface area contributed by atoms with Gasteiger partial charge in [-0.05, 0) is 53.8 Å². The maximum atomic E-state index is 13.2. The zero-order chi connectivity index (χ0) is 26.5. The molecule has 3 rings (SSSR count). The van der Waals surface area contributed by atoms with Gasteiger partial charge in [-0.2, -0.15) is 0 Å². The van der Waals surface area contributed by atoms with Crippen molar-refractivity contribution in [3.05, 3.63) is 64.9 Å². The minimum absolute atomic E-state index is 0.115. The summed E-state index contributed by atoms with van der Waals surface area (Å²) in [7, 11) is 1.52. The number of ether oxygens (including phenoxy) is 2. The minimum Gasteiger partial charge on any atom is -0.447 e. The number of nitrogens with one attached hydrogen (secondary N) is 2. The molecular weight excluding hydrogens is 462 g/mol. The molecule has 0 radical (unpaired) electrons. The molecule has 0 saturated heterocycles. The van der Waals surface area contributed by atoms with E-state index in [0.717, 1.165) is 16.7 Å². The first kappa shape index (κ1) is 26.6. The van der Waals surface area contributed by atoms with E-state index < -0.39 is 6.09 Å². The molecule has 9 nitrogen and oxygen atoms in total. The van der Waals surface area contributed by atoms with Gasteiger partial charge in [0.15, 0.2) is 5.78 Å². The topological polar surface area (TPSA) is 120 Å². The molecule has 0 fully saturated rings. The molecule has 0 unspecified atom stereocenters. The summed E-state index contributed by atoms with van der Waals surface area (Å²) in [5.74, 6) is -0.406. The molecule has 0 atom stereocenters. The summed E-state index contributed by atoms with van der Waals surface area (Å²) in [6.07, 6.45) is -0.634. The van der Waals surface area contributed by atoms with Crippen LogP contribution in [0.2, 0.25) is 0 Å². The first-order chi connectivity index (χ1) is 17.0. The Bertz CT molecular complexity index is 1270. The molecule has 2 amide bonds. The normalized spacial score (nSPS) is 11.2. The lowest BCUT2D eigenvalue weighted by Crippen LogP contribution is -2.19. The minimum atomic E-state index is -0.634. The average molecular weight is 494 g/mol. The summed E-state index contributed by atoms with van der Waals surface area (Å²) in [5.41, 5.74) is 4.09. The monoisotopic (exact) mass is 493 g/mol. The van der Waals surface area contributed by atoms with Gasteiger partial charge in [0.05, 0.1) is 6.61 Å². The number of aromatic nitrogens is 1. The van der Waals surface area contributed by atoms with Crippen LogP contribution in [0, 0.1) is 6.92 Å². The lowest BCUT2D eigenvalue weighted by molar-refractivity contribution is 0.0977. The number of rotatable bonds is 8. The summed E-state index contributed by atoms with van der Waals surface area (Å²) in [6.45, 7) is 9.76. The van der Waals surface area contributed by atoms with Crippen LogP contribution < -0.4 is 10.6 Å². The standard InChI is InChI=1S/C27H31N3O6/c1-16-7-8-20(14-22(16)23-15-24(17(2)31)36-30-23)28-25(32)18-11-19(27(3,4)5)13-21(12-18)29-26(33)35-10-9-34-6/h7-8,11-15H,9-10H2,1-6H3,(H,28,32)(H,29,33). The van der Waals surface area contributed by atoms with Crippen molar-refractivity contribution in [3.63, 3.8) is 0 Å². The number of nitrogens with zero attached hydrogens (tertiary/aromatic N) is 1. The second-order valence-electron chi connectivity index (χ2n) is 9.42. The van der Waals surface area contributed by atoms with Crippen molar-refractivity contribution in [2.75, 3.05) is 31.0 Å². The highest BCUT2D eigenvalue weighted by Crippen LogP contribution is 2.29. The Morgan fingerprint density at radius 2 is 1.72 bits per heavy atom. The highest BCUT2D eigenvalue weighted by Gasteiger charge is 2.19. The van der Waals surface area contributed by atoms with Gasteiger partial charge in [0, 0.05) is 42.6 Å². The van der Waals surface area contributed by atoms with Crippen molar-refractivity contribution in [3.8, 4) is 11.3 Å². The van der Waals surface area contributed by atoms with Gasteiger partial charge < -0.3 is 19.3 Å². The van der Waals surface area contributed by atoms with Crippen molar-refractivity contribution in [1.29, 1.82) is 0 Å². The Kier molecular flexibility index (Phi) is 8.26. The highest BCUT2D eigenvalue weighted by molar-refractivity contribution is 6.05. The number of Topliss-reactive ketones (excluding diaryl/α,β-unsaturated/α-hetero) is 1. The van der Waals surface area contributed by atoms with E-state index in [2.05, 4.69) is 15.8 Å². The molecule has 2 N–H and O–H groups in total. The second kappa shape index (κ2) is 11.2. The van der Waals surface area contributed by atoms with Gasteiger partial charge in [-0.3, -0.25) is 14.9 Å². The number of amides is 2. The van der Waals surface area contributed by atoms with Gasteiger partial charge in [0.1, 0.15) is 12.3 Å². The number of carbonyl (C=O) groups excluding carboxylic acids is 3. The van der Waals surface area contributed by atoms with Crippen molar-refractivity contribution in [2.45, 2.75) is 40.0 Å². The van der Waals surface area contributed by atoms with Crippen LogP contribution in [-0.2, 0) is 14.9 Å². The van der Waals surface area contributed by atoms with Gasteiger partial charge in [-0.15, -0.1) is 0 Å². The molecule has 3 aromatic rings. The van der Waals surface area contributed by atoms with E-state index >= 15 is 0 Å². The van der Waals surface area contributed by atoms with Crippen LogP contribution in [0.1, 0.15) is 59.7 Å². The van der Waals surface area contributed by atoms with E-state index in [4.69, 9.17) is 14.0 Å². The number of hydrogen-bond donors (Lipinski definition) is 2. The van der Waals surface area contributed by atoms with E-state index in [-0.39, 0.29) is 36.1 Å². The maximum Gasteiger partial charge on any atom is 0.411 e. The maximum absolute atomic E-state index is 13.2. The van der Waals surface area contributed by atoms with E-state index in [1.807, 2.05) is 39.8 Å². The molecule has 0 aliphatic rings. The lowest BCUT2D eigenvalue weighted by atomic mass is 9.85. The molecule has 0 bridgehead atoms. The molecule has 1 heterocycles. The molecule has 0 spiro atoms. The number of aryl methyl sites for hydroxylation is 1. The number of ketones is 1. The fraction of sp³-hybridized carbons (Fsp3) is 0.333. The Balaban J connectivity index is 1.86. The summed E-state index contributed by atoms with van der Waals surface area (Å²) in [5, 5.41) is 9.56. The SMILES string of the molecule is COCCOC(=O)Nc1cc(C(=O)Nc2ccc(C)c(-c3cc(C(C)=O)on3)c2)cc(C(C)(C)C)c1. The number of methoxy groups -OCH3 is 1. The fourth-order valence-corrected chi connectivity index (χ4v) is 3.38. The van der Waals surface area contributed by atoms with Crippen LogP contribution in [0.5, 0.6) is 0 Å². The third-order valence-electron chi connectivity index (χ3n) is 5.46. The quantitative estimate of drug-likeness (QED) is 0.310. The lowest BCUT2D eigenvalue weighted by Gasteiger charge is -2.21. The number of benzene rings is 2. The van der Waals surface area contributed by atoms with Gasteiger partial charge >= 0.3 is 6.09 Å². The zero-order valence-electron chi connectivity index (χ0n) is 21.4. The summed E-state index contributed by atoms with van der Waals surface area (Å²) >= 11 is 0. The van der Waals surface area contributed by atoms with Crippen LogP contribution in [0.3, 0.4) is 0 Å². The molecule has 0 saturated carbocycles. The van der Waals surface area contributed by atoms with Crippen molar-refractivity contribution >= 4 is 29.2 Å².